The molecule has 0 spiro atoms. The molecule has 5 nitrogen and oxygen atoms in total. The van der Waals surface area contributed by atoms with Crippen LogP contribution in [0.2, 0.25) is 0 Å². The molecule has 1 amide bonds. The summed E-state index contributed by atoms with van der Waals surface area (Å²) in [4.78, 5) is 11.1. The molecule has 1 atom stereocenters. The van der Waals surface area contributed by atoms with Crippen LogP contribution in [0.4, 0.5) is 0 Å². The zero-order valence-corrected chi connectivity index (χ0v) is 9.04. The van der Waals surface area contributed by atoms with Gasteiger partial charge in [0.15, 0.2) is 0 Å². The van der Waals surface area contributed by atoms with Crippen molar-refractivity contribution in [2.24, 2.45) is 0 Å². The summed E-state index contributed by atoms with van der Waals surface area (Å²) < 4.78 is 14.8. The van der Waals surface area contributed by atoms with Crippen LogP contribution in [0.25, 0.3) is 0 Å². The first-order valence-electron chi connectivity index (χ1n) is 4.59. The summed E-state index contributed by atoms with van der Waals surface area (Å²) in [5.74, 6) is -0.122. The highest BCUT2D eigenvalue weighted by Gasteiger charge is 2.09. The van der Waals surface area contributed by atoms with Crippen LogP contribution in [0.15, 0.2) is 0 Å². The van der Waals surface area contributed by atoms with Crippen molar-refractivity contribution in [3.8, 4) is 0 Å². The van der Waals surface area contributed by atoms with Crippen molar-refractivity contribution in [3.05, 3.63) is 0 Å². The molecule has 1 N–H and O–H groups in total. The van der Waals surface area contributed by atoms with Crippen LogP contribution in [0.5, 0.6) is 0 Å². The Morgan fingerprint density at radius 2 is 2.00 bits per heavy atom. The van der Waals surface area contributed by atoms with Gasteiger partial charge in [-0.1, -0.05) is 0 Å². The minimum absolute atomic E-state index is 0.122. The lowest BCUT2D eigenvalue weighted by atomic mass is 10.4. The monoisotopic (exact) mass is 205 g/mol. The Hall–Kier alpha value is -0.650. The van der Waals surface area contributed by atoms with Gasteiger partial charge in [-0.15, -0.1) is 0 Å². The Morgan fingerprint density at radius 1 is 1.29 bits per heavy atom. The molecule has 0 aliphatic carbocycles. The average molecular weight is 205 g/mol. The molecule has 0 aliphatic heterocycles. The third kappa shape index (κ3) is 6.82. The number of carbonyl (C=O) groups is 1. The number of rotatable bonds is 8. The average Bonchev–Trinajstić information content (AvgIpc) is 2.21. The van der Waals surface area contributed by atoms with E-state index in [0.717, 1.165) is 0 Å². The van der Waals surface area contributed by atoms with E-state index in [1.807, 2.05) is 0 Å². The predicted octanol–water partition coefficient (Wildman–Crippen LogP) is -0.199. The second-order valence-corrected chi connectivity index (χ2v) is 2.77. The fraction of sp³-hybridized carbons (Fsp3) is 0.889. The molecule has 0 bridgehead atoms. The van der Waals surface area contributed by atoms with Gasteiger partial charge in [0, 0.05) is 20.8 Å². The maximum atomic E-state index is 11.1. The van der Waals surface area contributed by atoms with E-state index < -0.39 is 6.10 Å². The third-order valence-electron chi connectivity index (χ3n) is 1.70. The molecule has 84 valence electrons. The van der Waals surface area contributed by atoms with Crippen molar-refractivity contribution in [1.29, 1.82) is 0 Å². The van der Waals surface area contributed by atoms with Gasteiger partial charge in [-0.3, -0.25) is 4.79 Å². The Kier molecular flexibility index (Phi) is 8.51. The highest BCUT2D eigenvalue weighted by Crippen LogP contribution is 1.86. The van der Waals surface area contributed by atoms with Crippen molar-refractivity contribution in [1.82, 2.24) is 5.32 Å². The summed E-state index contributed by atoms with van der Waals surface area (Å²) in [7, 11) is 3.12. The quantitative estimate of drug-likeness (QED) is 0.558. The molecule has 0 heterocycles. The van der Waals surface area contributed by atoms with Crippen molar-refractivity contribution < 1.29 is 19.0 Å². The summed E-state index contributed by atoms with van der Waals surface area (Å²) in [6, 6.07) is 0. The van der Waals surface area contributed by atoms with E-state index in [1.165, 1.54) is 7.11 Å². The second kappa shape index (κ2) is 8.93. The lowest BCUT2D eigenvalue weighted by molar-refractivity contribution is -0.130. The van der Waals surface area contributed by atoms with Gasteiger partial charge in [-0.25, -0.2) is 0 Å². The normalized spacial score (nSPS) is 12.5. The van der Waals surface area contributed by atoms with Crippen molar-refractivity contribution in [2.75, 3.05) is 40.6 Å². The van der Waals surface area contributed by atoms with E-state index >= 15 is 0 Å². The molecule has 1 unspecified atom stereocenters. The fourth-order valence-corrected chi connectivity index (χ4v) is 0.741. The maximum absolute atomic E-state index is 11.1. The van der Waals surface area contributed by atoms with Crippen LogP contribution in [0.3, 0.4) is 0 Å². The molecular weight excluding hydrogens is 186 g/mol. The maximum Gasteiger partial charge on any atom is 0.248 e. The van der Waals surface area contributed by atoms with E-state index in [4.69, 9.17) is 14.2 Å². The van der Waals surface area contributed by atoms with Gasteiger partial charge in [-0.2, -0.15) is 0 Å². The zero-order chi connectivity index (χ0) is 10.8. The SMILES string of the molecule is COCCOCCNC(=O)C(C)OC. The number of ether oxygens (including phenoxy) is 3. The van der Waals surface area contributed by atoms with Crippen molar-refractivity contribution >= 4 is 5.91 Å². The van der Waals surface area contributed by atoms with Gasteiger partial charge in [0.05, 0.1) is 19.8 Å². The van der Waals surface area contributed by atoms with E-state index in [-0.39, 0.29) is 5.91 Å². The van der Waals surface area contributed by atoms with Gasteiger partial charge in [-0.05, 0) is 6.92 Å². The number of nitrogens with one attached hydrogen (secondary N) is 1. The molecule has 0 fully saturated rings. The molecule has 0 aromatic carbocycles. The van der Waals surface area contributed by atoms with Crippen LogP contribution >= 0.6 is 0 Å². The number of hydrogen-bond donors (Lipinski definition) is 1. The molecule has 14 heavy (non-hydrogen) atoms. The summed E-state index contributed by atoms with van der Waals surface area (Å²) >= 11 is 0. The van der Waals surface area contributed by atoms with Gasteiger partial charge >= 0.3 is 0 Å². The van der Waals surface area contributed by atoms with Gasteiger partial charge in [0.1, 0.15) is 6.10 Å². The Morgan fingerprint density at radius 3 is 2.57 bits per heavy atom. The zero-order valence-electron chi connectivity index (χ0n) is 9.04. The fourth-order valence-electron chi connectivity index (χ4n) is 0.741. The number of carbonyl (C=O) groups excluding carboxylic acids is 1. The molecule has 0 saturated carbocycles. The van der Waals surface area contributed by atoms with Crippen LogP contribution < -0.4 is 5.32 Å². The first-order chi connectivity index (χ1) is 6.72. The summed E-state index contributed by atoms with van der Waals surface area (Å²) in [6.07, 6.45) is -0.408. The molecule has 0 aromatic heterocycles. The van der Waals surface area contributed by atoms with Gasteiger partial charge in [0.2, 0.25) is 5.91 Å². The minimum Gasteiger partial charge on any atom is -0.382 e. The predicted molar refractivity (Wildman–Crippen MR) is 52.2 cm³/mol. The van der Waals surface area contributed by atoms with Gasteiger partial charge < -0.3 is 19.5 Å². The first kappa shape index (κ1) is 13.4. The van der Waals surface area contributed by atoms with Crippen molar-refractivity contribution in [2.45, 2.75) is 13.0 Å². The molecule has 0 saturated heterocycles. The minimum atomic E-state index is -0.408. The smallest absolute Gasteiger partial charge is 0.248 e. The highest BCUT2D eigenvalue weighted by molar-refractivity contribution is 5.80. The Labute approximate surface area is 84.7 Å². The van der Waals surface area contributed by atoms with E-state index in [0.29, 0.717) is 26.4 Å². The standard InChI is InChI=1S/C9H19NO4/c1-8(13-3)9(11)10-4-5-14-7-6-12-2/h8H,4-7H2,1-3H3,(H,10,11). The number of amides is 1. The van der Waals surface area contributed by atoms with Crippen LogP contribution in [-0.4, -0.2) is 52.6 Å². The van der Waals surface area contributed by atoms with E-state index in [9.17, 15) is 4.79 Å². The Balaban J connectivity index is 3.23. The van der Waals surface area contributed by atoms with E-state index in [2.05, 4.69) is 5.32 Å². The number of methoxy groups -OCH3 is 2. The first-order valence-corrected chi connectivity index (χ1v) is 4.59. The second-order valence-electron chi connectivity index (χ2n) is 2.77. The van der Waals surface area contributed by atoms with E-state index in [1.54, 1.807) is 14.0 Å². The number of hydrogen-bond acceptors (Lipinski definition) is 4. The largest absolute Gasteiger partial charge is 0.382 e. The highest BCUT2D eigenvalue weighted by atomic mass is 16.5. The molecule has 0 rings (SSSR count). The third-order valence-corrected chi connectivity index (χ3v) is 1.70. The van der Waals surface area contributed by atoms with Gasteiger partial charge in [0.25, 0.3) is 0 Å². The van der Waals surface area contributed by atoms with Crippen LogP contribution in [0.1, 0.15) is 6.92 Å². The van der Waals surface area contributed by atoms with Crippen LogP contribution in [-0.2, 0) is 19.0 Å². The van der Waals surface area contributed by atoms with Crippen molar-refractivity contribution in [3.63, 3.8) is 0 Å². The molecular formula is C9H19NO4. The summed E-state index contributed by atoms with van der Waals surface area (Å²) in [5, 5.41) is 2.68. The molecule has 0 radical (unpaired) electrons. The summed E-state index contributed by atoms with van der Waals surface area (Å²) in [6.45, 7) is 3.80. The summed E-state index contributed by atoms with van der Waals surface area (Å²) in [5.41, 5.74) is 0. The Bertz CT molecular complexity index is 152. The van der Waals surface area contributed by atoms with Crippen LogP contribution in [0, 0.1) is 0 Å². The lowest BCUT2D eigenvalue weighted by Crippen LogP contribution is -2.35. The topological polar surface area (TPSA) is 56.8 Å². The lowest BCUT2D eigenvalue weighted by Gasteiger charge is -2.10. The molecule has 5 heteroatoms. The molecule has 0 aliphatic rings. The molecule has 0 aromatic rings.